The number of ether oxygens (including phenoxy) is 1. The lowest BCUT2D eigenvalue weighted by atomic mass is 10.0. The van der Waals surface area contributed by atoms with Gasteiger partial charge < -0.3 is 14.4 Å². The fourth-order valence-electron chi connectivity index (χ4n) is 2.87. The molecular formula is C16H18N2O3. The van der Waals surface area contributed by atoms with E-state index in [2.05, 4.69) is 11.9 Å². The summed E-state index contributed by atoms with van der Waals surface area (Å²) < 4.78 is 7.80. The second-order valence-corrected chi connectivity index (χ2v) is 5.63. The fourth-order valence-corrected chi connectivity index (χ4v) is 2.87. The van der Waals surface area contributed by atoms with Gasteiger partial charge in [-0.1, -0.05) is 18.2 Å². The van der Waals surface area contributed by atoms with Crippen molar-refractivity contribution in [2.24, 2.45) is 0 Å². The largest absolute Gasteiger partial charge is 0.478 e. The maximum absolute atomic E-state index is 11.4. The molecule has 2 heterocycles. The number of aromatic nitrogens is 2. The minimum Gasteiger partial charge on any atom is -0.478 e. The molecule has 0 unspecified atom stereocenters. The van der Waals surface area contributed by atoms with Gasteiger partial charge >= 0.3 is 5.97 Å². The van der Waals surface area contributed by atoms with E-state index in [1.807, 2.05) is 16.8 Å². The van der Waals surface area contributed by atoms with Gasteiger partial charge in [0.15, 0.2) is 0 Å². The van der Waals surface area contributed by atoms with Crippen LogP contribution >= 0.6 is 0 Å². The average Bonchev–Trinajstić information content (AvgIpc) is 3.08. The Hall–Kier alpha value is -2.14. The highest BCUT2D eigenvalue weighted by Gasteiger charge is 2.31. The first-order valence-electron chi connectivity index (χ1n) is 7.07. The molecule has 0 aliphatic carbocycles. The van der Waals surface area contributed by atoms with Gasteiger partial charge in [0.25, 0.3) is 0 Å². The maximum Gasteiger partial charge on any atom is 0.336 e. The number of carboxylic acid groups (broad SMARTS) is 1. The summed E-state index contributed by atoms with van der Waals surface area (Å²) in [4.78, 5) is 15.7. The number of carbonyl (C=O) groups is 1. The van der Waals surface area contributed by atoms with Crippen LogP contribution < -0.4 is 0 Å². The monoisotopic (exact) mass is 286 g/mol. The summed E-state index contributed by atoms with van der Waals surface area (Å²) in [5, 5.41) is 9.33. The summed E-state index contributed by atoms with van der Waals surface area (Å²) in [5.41, 5.74) is 0.701. The number of nitrogens with zero attached hydrogens (tertiary/aromatic N) is 2. The molecule has 0 spiro atoms. The standard InChI is InChI=1S/C16H18N2O3/c1-16(7-4-10-21-16)11-18-9-8-17-14(18)12-5-2-3-6-13(12)15(19)20/h2-3,5-6,8-9H,4,7,10-11H2,1H3,(H,19,20)/t16-/m1/s1. The topological polar surface area (TPSA) is 64.4 Å². The molecule has 21 heavy (non-hydrogen) atoms. The fraction of sp³-hybridized carbons (Fsp3) is 0.375. The number of hydrogen-bond acceptors (Lipinski definition) is 3. The molecule has 1 aliphatic rings. The zero-order valence-electron chi connectivity index (χ0n) is 12.0. The van der Waals surface area contributed by atoms with Crippen LogP contribution in [0.4, 0.5) is 0 Å². The van der Waals surface area contributed by atoms with Crippen molar-refractivity contribution in [3.63, 3.8) is 0 Å². The normalized spacial score (nSPS) is 21.6. The predicted octanol–water partition coefficient (Wildman–Crippen LogP) is 2.82. The van der Waals surface area contributed by atoms with Crippen LogP contribution in [0.1, 0.15) is 30.1 Å². The minimum absolute atomic E-state index is 0.201. The first-order valence-corrected chi connectivity index (χ1v) is 7.07. The third-order valence-corrected chi connectivity index (χ3v) is 3.92. The van der Waals surface area contributed by atoms with Gasteiger partial charge in [0.1, 0.15) is 5.82 Å². The van der Waals surface area contributed by atoms with Crippen LogP contribution in [0.15, 0.2) is 36.7 Å². The molecule has 1 aromatic carbocycles. The van der Waals surface area contributed by atoms with E-state index in [-0.39, 0.29) is 11.2 Å². The van der Waals surface area contributed by atoms with Gasteiger partial charge in [0.2, 0.25) is 0 Å². The number of rotatable bonds is 4. The summed E-state index contributed by atoms with van der Waals surface area (Å²) in [6.45, 7) is 3.55. The highest BCUT2D eigenvalue weighted by atomic mass is 16.5. The molecule has 1 N–H and O–H groups in total. The Morgan fingerprint density at radius 3 is 3.00 bits per heavy atom. The summed E-state index contributed by atoms with van der Waals surface area (Å²) in [7, 11) is 0. The number of benzene rings is 1. The Balaban J connectivity index is 1.98. The number of aromatic carboxylic acids is 1. The predicted molar refractivity (Wildman–Crippen MR) is 78.2 cm³/mol. The van der Waals surface area contributed by atoms with Crippen molar-refractivity contribution in [1.29, 1.82) is 0 Å². The van der Waals surface area contributed by atoms with Gasteiger partial charge in [0, 0.05) is 24.6 Å². The SMILES string of the molecule is C[C@]1(Cn2ccnc2-c2ccccc2C(=O)O)CCCO1. The lowest BCUT2D eigenvalue weighted by Crippen LogP contribution is -2.29. The van der Waals surface area contributed by atoms with Crippen LogP contribution in [0.25, 0.3) is 11.4 Å². The molecule has 3 rings (SSSR count). The molecule has 0 bridgehead atoms. The van der Waals surface area contributed by atoms with E-state index >= 15 is 0 Å². The zero-order chi connectivity index (χ0) is 14.9. The molecule has 0 amide bonds. The smallest absolute Gasteiger partial charge is 0.336 e. The van der Waals surface area contributed by atoms with Crippen LogP contribution in [0, 0.1) is 0 Å². The molecule has 5 heteroatoms. The van der Waals surface area contributed by atoms with Crippen molar-refractivity contribution in [2.45, 2.75) is 31.9 Å². The first kappa shape index (κ1) is 13.8. The van der Waals surface area contributed by atoms with Gasteiger partial charge in [-0.2, -0.15) is 0 Å². The second kappa shape index (κ2) is 5.33. The van der Waals surface area contributed by atoms with E-state index < -0.39 is 5.97 Å². The summed E-state index contributed by atoms with van der Waals surface area (Å²) in [6, 6.07) is 6.95. The average molecular weight is 286 g/mol. The van der Waals surface area contributed by atoms with E-state index in [9.17, 15) is 9.90 Å². The van der Waals surface area contributed by atoms with E-state index in [1.54, 1.807) is 24.4 Å². The molecule has 0 radical (unpaired) electrons. The molecule has 5 nitrogen and oxygen atoms in total. The van der Waals surface area contributed by atoms with Crippen molar-refractivity contribution in [3.8, 4) is 11.4 Å². The third kappa shape index (κ3) is 2.69. The summed E-state index contributed by atoms with van der Waals surface area (Å²) in [6.07, 6.45) is 5.64. The molecule has 1 saturated heterocycles. The molecule has 1 aliphatic heterocycles. The number of carboxylic acids is 1. The highest BCUT2D eigenvalue weighted by Crippen LogP contribution is 2.29. The molecular weight excluding hydrogens is 268 g/mol. The zero-order valence-corrected chi connectivity index (χ0v) is 12.0. The van der Waals surface area contributed by atoms with Crippen molar-refractivity contribution in [1.82, 2.24) is 9.55 Å². The van der Waals surface area contributed by atoms with Crippen LogP contribution in [0.3, 0.4) is 0 Å². The Morgan fingerprint density at radius 2 is 2.29 bits per heavy atom. The lowest BCUT2D eigenvalue weighted by Gasteiger charge is -2.24. The highest BCUT2D eigenvalue weighted by molar-refractivity contribution is 5.95. The van der Waals surface area contributed by atoms with Crippen molar-refractivity contribution in [3.05, 3.63) is 42.2 Å². The van der Waals surface area contributed by atoms with Crippen molar-refractivity contribution in [2.75, 3.05) is 6.61 Å². The number of hydrogen-bond donors (Lipinski definition) is 1. The molecule has 2 aromatic rings. The Kier molecular flexibility index (Phi) is 3.51. The Bertz CT molecular complexity index is 657. The molecule has 1 fully saturated rings. The first-order chi connectivity index (χ1) is 10.1. The summed E-state index contributed by atoms with van der Waals surface area (Å²) in [5.74, 6) is -0.270. The molecule has 1 aromatic heterocycles. The van der Waals surface area contributed by atoms with E-state index in [0.717, 1.165) is 19.4 Å². The van der Waals surface area contributed by atoms with Gasteiger partial charge in [-0.15, -0.1) is 0 Å². The van der Waals surface area contributed by atoms with Gasteiger partial charge in [0.05, 0.1) is 17.7 Å². The maximum atomic E-state index is 11.4. The van der Waals surface area contributed by atoms with E-state index in [0.29, 0.717) is 17.9 Å². The second-order valence-electron chi connectivity index (χ2n) is 5.63. The lowest BCUT2D eigenvalue weighted by molar-refractivity contribution is 0.00657. The van der Waals surface area contributed by atoms with Crippen LogP contribution in [-0.4, -0.2) is 32.8 Å². The van der Waals surface area contributed by atoms with Crippen molar-refractivity contribution < 1.29 is 14.6 Å². The third-order valence-electron chi connectivity index (χ3n) is 3.92. The number of imidazole rings is 1. The minimum atomic E-state index is -0.941. The van der Waals surface area contributed by atoms with Crippen molar-refractivity contribution >= 4 is 5.97 Å². The Labute approximate surface area is 123 Å². The van der Waals surface area contributed by atoms with Gasteiger partial charge in [-0.3, -0.25) is 0 Å². The van der Waals surface area contributed by atoms with Crippen LogP contribution in [0.5, 0.6) is 0 Å². The van der Waals surface area contributed by atoms with Gasteiger partial charge in [-0.05, 0) is 25.8 Å². The van der Waals surface area contributed by atoms with E-state index in [4.69, 9.17) is 4.74 Å². The molecule has 1 atom stereocenters. The summed E-state index contributed by atoms with van der Waals surface area (Å²) >= 11 is 0. The van der Waals surface area contributed by atoms with Crippen LogP contribution in [-0.2, 0) is 11.3 Å². The quantitative estimate of drug-likeness (QED) is 0.938. The van der Waals surface area contributed by atoms with Crippen LogP contribution in [0.2, 0.25) is 0 Å². The van der Waals surface area contributed by atoms with E-state index in [1.165, 1.54) is 0 Å². The molecule has 0 saturated carbocycles. The molecule has 110 valence electrons. The Morgan fingerprint density at radius 1 is 1.48 bits per heavy atom. The van der Waals surface area contributed by atoms with Gasteiger partial charge in [-0.25, -0.2) is 9.78 Å².